The van der Waals surface area contributed by atoms with Crippen molar-refractivity contribution in [3.8, 4) is 10.4 Å². The summed E-state index contributed by atoms with van der Waals surface area (Å²) >= 11 is 7.86. The number of benzene rings is 1. The summed E-state index contributed by atoms with van der Waals surface area (Å²) in [5.41, 5.74) is 7.27. The van der Waals surface area contributed by atoms with Crippen molar-refractivity contribution in [1.82, 2.24) is 0 Å². The van der Waals surface area contributed by atoms with Gasteiger partial charge in [0, 0.05) is 21.6 Å². The normalized spacial score (nSPS) is 11.1. The van der Waals surface area contributed by atoms with Gasteiger partial charge in [-0.2, -0.15) is 0 Å². The van der Waals surface area contributed by atoms with Crippen LogP contribution in [0.5, 0.6) is 0 Å². The smallest absolute Gasteiger partial charge is 0.152 e. The highest BCUT2D eigenvalue weighted by atomic mass is 35.5. The second-order valence-corrected chi connectivity index (χ2v) is 6.01. The number of thiophene rings is 1. The number of carbonyl (C=O) groups is 1. The lowest BCUT2D eigenvalue weighted by molar-refractivity contribution is -0.107. The van der Waals surface area contributed by atoms with Crippen LogP contribution in [0.3, 0.4) is 0 Å². The molecule has 0 atom stereocenters. The van der Waals surface area contributed by atoms with E-state index < -0.39 is 0 Å². The van der Waals surface area contributed by atoms with Crippen LogP contribution in [-0.4, -0.2) is 6.29 Å². The van der Waals surface area contributed by atoms with Crippen LogP contribution in [0.4, 0.5) is 0 Å². The third-order valence-corrected chi connectivity index (χ3v) is 4.49. The Morgan fingerprint density at radius 3 is 2.90 bits per heavy atom. The molecule has 3 aromatic rings. The molecule has 0 bridgehead atoms. The molecule has 0 aliphatic carbocycles. The van der Waals surface area contributed by atoms with E-state index in [1.807, 2.05) is 30.3 Å². The first-order valence-electron chi connectivity index (χ1n) is 6.16. The number of furan rings is 1. The van der Waals surface area contributed by atoms with Gasteiger partial charge in [0.2, 0.25) is 0 Å². The van der Waals surface area contributed by atoms with Crippen molar-refractivity contribution in [2.75, 3.05) is 0 Å². The molecule has 0 spiro atoms. The molecule has 3 nitrogen and oxygen atoms in total. The maximum absolute atomic E-state index is 10.5. The summed E-state index contributed by atoms with van der Waals surface area (Å²) in [5.74, 6) is 0.715. The van der Waals surface area contributed by atoms with Gasteiger partial charge in [-0.25, -0.2) is 0 Å². The zero-order valence-electron chi connectivity index (χ0n) is 10.6. The molecule has 1 aromatic carbocycles. The molecule has 0 aliphatic heterocycles. The minimum Gasteiger partial charge on any atom is -0.458 e. The Labute approximate surface area is 125 Å². The number of carbonyl (C=O) groups excluding carboxylic acids is 1. The summed E-state index contributed by atoms with van der Waals surface area (Å²) in [5, 5.41) is 1.51. The van der Waals surface area contributed by atoms with Crippen molar-refractivity contribution in [1.29, 1.82) is 0 Å². The lowest BCUT2D eigenvalue weighted by Crippen LogP contribution is -1.92. The maximum Gasteiger partial charge on any atom is 0.152 e. The molecule has 2 N–H and O–H groups in total. The van der Waals surface area contributed by atoms with Crippen molar-refractivity contribution >= 4 is 40.2 Å². The zero-order chi connectivity index (χ0) is 14.1. The minimum atomic E-state index is 0.350. The second kappa shape index (κ2) is 5.40. The van der Waals surface area contributed by atoms with Crippen molar-refractivity contribution in [3.63, 3.8) is 0 Å². The summed E-state index contributed by atoms with van der Waals surface area (Å²) < 4.78 is 5.58. The van der Waals surface area contributed by atoms with Crippen LogP contribution in [-0.2, 0) is 17.8 Å². The minimum absolute atomic E-state index is 0.350. The third-order valence-electron chi connectivity index (χ3n) is 3.05. The monoisotopic (exact) mass is 305 g/mol. The molecule has 0 aliphatic rings. The first-order valence-corrected chi connectivity index (χ1v) is 7.35. The average Bonchev–Trinajstić information content (AvgIpc) is 3.05. The Morgan fingerprint density at radius 1 is 1.30 bits per heavy atom. The van der Waals surface area contributed by atoms with Gasteiger partial charge in [0.05, 0.1) is 11.6 Å². The highest BCUT2D eigenvalue weighted by molar-refractivity contribution is 7.15. The van der Waals surface area contributed by atoms with E-state index in [0.29, 0.717) is 29.3 Å². The van der Waals surface area contributed by atoms with Crippen molar-refractivity contribution in [2.45, 2.75) is 13.0 Å². The topological polar surface area (TPSA) is 56.2 Å². The first-order chi connectivity index (χ1) is 9.71. The van der Waals surface area contributed by atoms with Crippen molar-refractivity contribution in [3.05, 3.63) is 46.0 Å². The Bertz CT molecular complexity index is 775. The van der Waals surface area contributed by atoms with E-state index in [2.05, 4.69) is 0 Å². The Morgan fingerprint density at radius 2 is 2.15 bits per heavy atom. The van der Waals surface area contributed by atoms with Crippen molar-refractivity contribution < 1.29 is 9.21 Å². The standard InChI is InChI=1S/C15H12ClNO2S/c16-13-7-9(14-2-1-12(20-14)3-4-18)5-10-6-11(8-17)19-15(10)13/h1-2,4-7H,3,8,17H2. The van der Waals surface area contributed by atoms with Gasteiger partial charge in [0.25, 0.3) is 0 Å². The SMILES string of the molecule is NCc1cc2cc(-c3ccc(CC=O)s3)cc(Cl)c2o1. The largest absolute Gasteiger partial charge is 0.458 e. The molecule has 0 fully saturated rings. The molecular formula is C15H12ClNO2S. The van der Waals surface area contributed by atoms with Crippen LogP contribution in [0.1, 0.15) is 10.6 Å². The fraction of sp³-hybridized carbons (Fsp3) is 0.133. The van der Waals surface area contributed by atoms with Gasteiger partial charge in [0.1, 0.15) is 12.0 Å². The summed E-state index contributed by atoms with van der Waals surface area (Å²) in [6, 6.07) is 9.79. The molecule has 5 heteroatoms. The summed E-state index contributed by atoms with van der Waals surface area (Å²) in [7, 11) is 0. The van der Waals surface area contributed by atoms with Crippen LogP contribution in [0.2, 0.25) is 5.02 Å². The zero-order valence-corrected chi connectivity index (χ0v) is 12.1. The average molecular weight is 306 g/mol. The molecule has 3 rings (SSSR count). The van der Waals surface area contributed by atoms with Gasteiger partial charge in [-0.15, -0.1) is 11.3 Å². The number of halogens is 1. The molecule has 2 aromatic heterocycles. The van der Waals surface area contributed by atoms with E-state index in [4.69, 9.17) is 21.8 Å². The van der Waals surface area contributed by atoms with E-state index in [9.17, 15) is 4.79 Å². The fourth-order valence-corrected chi connectivity index (χ4v) is 3.34. The van der Waals surface area contributed by atoms with E-state index in [1.54, 1.807) is 11.3 Å². The Balaban J connectivity index is 2.08. The van der Waals surface area contributed by atoms with Gasteiger partial charge < -0.3 is 14.9 Å². The third kappa shape index (κ3) is 2.38. The molecule has 0 amide bonds. The molecule has 0 radical (unpaired) electrons. The molecule has 20 heavy (non-hydrogen) atoms. The summed E-state index contributed by atoms with van der Waals surface area (Å²) in [4.78, 5) is 12.7. The van der Waals surface area contributed by atoms with Crippen LogP contribution < -0.4 is 5.73 Å². The Kier molecular flexibility index (Phi) is 3.61. The summed E-state index contributed by atoms with van der Waals surface area (Å²) in [6.07, 6.45) is 1.36. The highest BCUT2D eigenvalue weighted by Crippen LogP contribution is 2.35. The second-order valence-electron chi connectivity index (χ2n) is 4.43. The molecule has 0 unspecified atom stereocenters. The Hall–Kier alpha value is -1.62. The molecule has 0 saturated heterocycles. The van der Waals surface area contributed by atoms with Crippen LogP contribution in [0.25, 0.3) is 21.4 Å². The van der Waals surface area contributed by atoms with Gasteiger partial charge in [-0.3, -0.25) is 0 Å². The molecule has 102 valence electrons. The van der Waals surface area contributed by atoms with Crippen LogP contribution in [0, 0.1) is 0 Å². The van der Waals surface area contributed by atoms with Gasteiger partial charge in [-0.1, -0.05) is 11.6 Å². The number of fused-ring (bicyclic) bond motifs is 1. The summed E-state index contributed by atoms with van der Waals surface area (Å²) in [6.45, 7) is 0.350. The van der Waals surface area contributed by atoms with Gasteiger partial charge in [0.15, 0.2) is 5.58 Å². The van der Waals surface area contributed by atoms with E-state index in [1.165, 1.54) is 0 Å². The number of hydrogen-bond donors (Lipinski definition) is 1. The molecule has 0 saturated carbocycles. The maximum atomic E-state index is 10.5. The fourth-order valence-electron chi connectivity index (χ4n) is 2.13. The predicted molar refractivity (Wildman–Crippen MR) is 82.2 cm³/mol. The quantitative estimate of drug-likeness (QED) is 0.741. The van der Waals surface area contributed by atoms with E-state index in [-0.39, 0.29) is 0 Å². The molecule has 2 heterocycles. The predicted octanol–water partition coefficient (Wildman–Crippen LogP) is 4.01. The van der Waals surface area contributed by atoms with Crippen LogP contribution >= 0.6 is 22.9 Å². The number of aldehydes is 1. The lowest BCUT2D eigenvalue weighted by atomic mass is 10.1. The molecular weight excluding hydrogens is 294 g/mol. The number of hydrogen-bond acceptors (Lipinski definition) is 4. The van der Waals surface area contributed by atoms with Crippen LogP contribution in [0.15, 0.2) is 34.7 Å². The highest BCUT2D eigenvalue weighted by Gasteiger charge is 2.11. The first kappa shape index (κ1) is 13.4. The lowest BCUT2D eigenvalue weighted by Gasteiger charge is -1.99. The van der Waals surface area contributed by atoms with Gasteiger partial charge in [-0.05, 0) is 35.9 Å². The van der Waals surface area contributed by atoms with E-state index >= 15 is 0 Å². The van der Waals surface area contributed by atoms with E-state index in [0.717, 1.165) is 27.0 Å². The van der Waals surface area contributed by atoms with Crippen molar-refractivity contribution in [2.24, 2.45) is 5.73 Å². The van der Waals surface area contributed by atoms with Gasteiger partial charge >= 0.3 is 0 Å². The number of nitrogens with two attached hydrogens (primary N) is 1. The number of rotatable bonds is 4.